The van der Waals surface area contributed by atoms with Crippen LogP contribution in [-0.4, -0.2) is 26.0 Å². The van der Waals surface area contributed by atoms with E-state index in [0.29, 0.717) is 0 Å². The molecule has 0 unspecified atom stereocenters. The topological polar surface area (TPSA) is 42.1 Å². The van der Waals surface area contributed by atoms with Crippen LogP contribution >= 0.6 is 0 Å². The van der Waals surface area contributed by atoms with Gasteiger partial charge < -0.3 is 14.4 Å². The number of allylic oxidation sites excluding steroid dienone is 1. The summed E-state index contributed by atoms with van der Waals surface area (Å²) in [6, 6.07) is 16.0. The Morgan fingerprint density at radius 1 is 1.15 bits per heavy atom. The van der Waals surface area contributed by atoms with Crippen molar-refractivity contribution in [2.45, 2.75) is 31.5 Å². The van der Waals surface area contributed by atoms with Crippen molar-refractivity contribution in [1.29, 1.82) is 0 Å². The zero-order valence-electron chi connectivity index (χ0n) is 15.5. The lowest BCUT2D eigenvalue weighted by atomic mass is 9.83. The summed E-state index contributed by atoms with van der Waals surface area (Å²) in [6.45, 7) is 4.31. The number of ether oxygens (including phenoxy) is 2. The monoisotopic (exact) mass is 349 g/mol. The first-order chi connectivity index (χ1) is 12.4. The first kappa shape index (κ1) is 16.9. The van der Waals surface area contributed by atoms with Gasteiger partial charge in [-0.3, -0.25) is 4.79 Å². The molecule has 1 saturated heterocycles. The SMILES string of the molecule is COc1ccc([C@@H]2O[C@H]2C(=O)/C=C2\N(C)c3ccccc3C2(C)C)cc1. The molecule has 4 heteroatoms. The van der Waals surface area contributed by atoms with E-state index < -0.39 is 6.10 Å². The van der Waals surface area contributed by atoms with E-state index in [1.807, 2.05) is 43.4 Å². The Kier molecular flexibility index (Phi) is 3.88. The summed E-state index contributed by atoms with van der Waals surface area (Å²) >= 11 is 0. The van der Waals surface area contributed by atoms with Crippen LogP contribution in [-0.2, 0) is 14.9 Å². The van der Waals surface area contributed by atoms with Crippen LogP contribution in [0.1, 0.15) is 31.1 Å². The molecular weight excluding hydrogens is 326 g/mol. The van der Waals surface area contributed by atoms with Crippen LogP contribution in [0.25, 0.3) is 0 Å². The molecule has 2 aliphatic heterocycles. The fourth-order valence-corrected chi connectivity index (χ4v) is 3.85. The van der Waals surface area contributed by atoms with E-state index in [1.54, 1.807) is 13.2 Å². The van der Waals surface area contributed by atoms with Crippen molar-refractivity contribution in [3.8, 4) is 5.75 Å². The highest BCUT2D eigenvalue weighted by Gasteiger charge is 2.46. The summed E-state index contributed by atoms with van der Waals surface area (Å²) in [6.07, 6.45) is 1.19. The molecule has 2 atom stereocenters. The van der Waals surface area contributed by atoms with Crippen molar-refractivity contribution in [2.75, 3.05) is 19.1 Å². The van der Waals surface area contributed by atoms with Crippen molar-refractivity contribution in [3.63, 3.8) is 0 Å². The van der Waals surface area contributed by atoms with Gasteiger partial charge in [-0.1, -0.05) is 44.2 Å². The highest BCUT2D eigenvalue weighted by atomic mass is 16.6. The summed E-state index contributed by atoms with van der Waals surface area (Å²) in [5, 5.41) is 0. The number of carbonyl (C=O) groups is 1. The highest BCUT2D eigenvalue weighted by Crippen LogP contribution is 2.47. The van der Waals surface area contributed by atoms with Crippen LogP contribution in [0, 0.1) is 0 Å². The number of para-hydroxylation sites is 1. The molecule has 4 rings (SSSR count). The van der Waals surface area contributed by atoms with E-state index in [9.17, 15) is 4.79 Å². The lowest BCUT2D eigenvalue weighted by molar-refractivity contribution is -0.115. The predicted octanol–water partition coefficient (Wildman–Crippen LogP) is 4.02. The normalized spacial score (nSPS) is 24.5. The molecule has 134 valence electrons. The molecule has 0 aromatic heterocycles. The number of ketones is 1. The van der Waals surface area contributed by atoms with E-state index in [0.717, 1.165) is 22.7 Å². The summed E-state index contributed by atoms with van der Waals surface area (Å²) < 4.78 is 10.9. The summed E-state index contributed by atoms with van der Waals surface area (Å²) in [7, 11) is 3.65. The van der Waals surface area contributed by atoms with E-state index in [4.69, 9.17) is 9.47 Å². The third-order valence-electron chi connectivity index (χ3n) is 5.44. The van der Waals surface area contributed by atoms with Gasteiger partial charge in [-0.05, 0) is 29.3 Å². The number of hydrogen-bond donors (Lipinski definition) is 0. The zero-order valence-corrected chi connectivity index (χ0v) is 15.5. The molecule has 2 aromatic carbocycles. The van der Waals surface area contributed by atoms with Crippen LogP contribution in [0.5, 0.6) is 5.75 Å². The Labute approximate surface area is 154 Å². The number of hydrogen-bond acceptors (Lipinski definition) is 4. The molecule has 0 amide bonds. The van der Waals surface area contributed by atoms with Gasteiger partial charge in [0.25, 0.3) is 0 Å². The minimum atomic E-state index is -0.399. The van der Waals surface area contributed by atoms with Gasteiger partial charge in [0, 0.05) is 29.9 Å². The molecule has 0 N–H and O–H groups in total. The van der Waals surface area contributed by atoms with Gasteiger partial charge in [-0.15, -0.1) is 0 Å². The number of fused-ring (bicyclic) bond motifs is 1. The minimum absolute atomic E-state index is 0.0218. The molecule has 0 radical (unpaired) electrons. The van der Waals surface area contributed by atoms with Gasteiger partial charge in [0.1, 0.15) is 11.9 Å². The number of rotatable bonds is 4. The lowest BCUT2D eigenvalue weighted by Gasteiger charge is -2.23. The molecule has 0 spiro atoms. The van der Waals surface area contributed by atoms with E-state index in [1.165, 1.54) is 5.56 Å². The molecule has 0 saturated carbocycles. The van der Waals surface area contributed by atoms with Crippen LogP contribution < -0.4 is 9.64 Å². The number of methoxy groups -OCH3 is 1. The average molecular weight is 349 g/mol. The van der Waals surface area contributed by atoms with Crippen molar-refractivity contribution in [2.24, 2.45) is 0 Å². The first-order valence-electron chi connectivity index (χ1n) is 8.82. The zero-order chi connectivity index (χ0) is 18.5. The second-order valence-corrected chi connectivity index (χ2v) is 7.38. The quantitative estimate of drug-likeness (QED) is 0.618. The molecule has 26 heavy (non-hydrogen) atoms. The molecule has 0 bridgehead atoms. The van der Waals surface area contributed by atoms with Crippen molar-refractivity contribution in [3.05, 3.63) is 71.4 Å². The van der Waals surface area contributed by atoms with Crippen LogP contribution in [0.15, 0.2) is 60.3 Å². The third-order valence-corrected chi connectivity index (χ3v) is 5.44. The molecule has 0 aliphatic carbocycles. The van der Waals surface area contributed by atoms with Crippen LogP contribution in [0.4, 0.5) is 5.69 Å². The summed E-state index contributed by atoms with van der Waals surface area (Å²) in [5.41, 5.74) is 4.20. The highest BCUT2D eigenvalue weighted by molar-refractivity contribution is 5.98. The second-order valence-electron chi connectivity index (χ2n) is 7.38. The van der Waals surface area contributed by atoms with Gasteiger partial charge in [0.15, 0.2) is 11.9 Å². The Balaban J connectivity index is 1.55. The third kappa shape index (κ3) is 2.61. The maximum absolute atomic E-state index is 12.8. The van der Waals surface area contributed by atoms with Crippen molar-refractivity contribution in [1.82, 2.24) is 0 Å². The smallest absolute Gasteiger partial charge is 0.189 e. The number of benzene rings is 2. The van der Waals surface area contributed by atoms with E-state index in [2.05, 4.69) is 30.9 Å². The number of epoxide rings is 1. The molecule has 1 fully saturated rings. The second kappa shape index (κ2) is 5.99. The molecule has 2 aliphatic rings. The Bertz CT molecular complexity index is 883. The Morgan fingerprint density at radius 3 is 2.50 bits per heavy atom. The summed E-state index contributed by atoms with van der Waals surface area (Å²) in [5.74, 6) is 0.819. The molecular formula is C22H23NO3. The fourth-order valence-electron chi connectivity index (χ4n) is 3.85. The molecule has 2 heterocycles. The van der Waals surface area contributed by atoms with Crippen LogP contribution in [0.3, 0.4) is 0 Å². The molecule has 2 aromatic rings. The predicted molar refractivity (Wildman–Crippen MR) is 102 cm³/mol. The average Bonchev–Trinajstić information content (AvgIpc) is 3.43. The Hall–Kier alpha value is -2.59. The van der Waals surface area contributed by atoms with Gasteiger partial charge in [0.2, 0.25) is 0 Å². The summed E-state index contributed by atoms with van der Waals surface area (Å²) in [4.78, 5) is 14.9. The van der Waals surface area contributed by atoms with Gasteiger partial charge in [0.05, 0.1) is 7.11 Å². The largest absolute Gasteiger partial charge is 0.497 e. The first-order valence-corrected chi connectivity index (χ1v) is 8.82. The minimum Gasteiger partial charge on any atom is -0.497 e. The van der Waals surface area contributed by atoms with Crippen molar-refractivity contribution >= 4 is 11.5 Å². The maximum Gasteiger partial charge on any atom is 0.189 e. The number of carbonyl (C=O) groups excluding carboxylic acids is 1. The van der Waals surface area contributed by atoms with Gasteiger partial charge in [-0.2, -0.15) is 0 Å². The van der Waals surface area contributed by atoms with Crippen LogP contribution in [0.2, 0.25) is 0 Å². The lowest BCUT2D eigenvalue weighted by Crippen LogP contribution is -2.24. The number of nitrogens with zero attached hydrogens (tertiary/aromatic N) is 1. The number of likely N-dealkylation sites (N-methyl/N-ethyl adjacent to an activating group) is 1. The Morgan fingerprint density at radius 2 is 1.85 bits per heavy atom. The van der Waals surface area contributed by atoms with Crippen molar-refractivity contribution < 1.29 is 14.3 Å². The fraction of sp³-hybridized carbons (Fsp3) is 0.318. The standard InChI is InChI=1S/C22H23NO3/c1-22(2)16-7-5-6-8-17(16)23(3)19(22)13-18(24)21-20(26-21)14-9-11-15(25-4)12-10-14/h5-13,20-21H,1-4H3/b19-13-/t20-,21-/m0/s1. The maximum atomic E-state index is 12.8. The number of anilines is 1. The molecule has 4 nitrogen and oxygen atoms in total. The van der Waals surface area contributed by atoms with Gasteiger partial charge in [-0.25, -0.2) is 0 Å². The van der Waals surface area contributed by atoms with Gasteiger partial charge >= 0.3 is 0 Å². The van der Waals surface area contributed by atoms with E-state index >= 15 is 0 Å². The van der Waals surface area contributed by atoms with E-state index in [-0.39, 0.29) is 17.3 Å².